The van der Waals surface area contributed by atoms with Crippen LogP contribution in [0, 0.1) is 0 Å². The van der Waals surface area contributed by atoms with Crippen LogP contribution in [-0.4, -0.2) is 50.6 Å². The summed E-state index contributed by atoms with van der Waals surface area (Å²) in [6.45, 7) is 2.46. The van der Waals surface area contributed by atoms with Crippen molar-refractivity contribution in [1.29, 1.82) is 0 Å². The van der Waals surface area contributed by atoms with E-state index in [2.05, 4.69) is 25.6 Å². The molecule has 3 aromatic heterocycles. The van der Waals surface area contributed by atoms with E-state index in [1.54, 1.807) is 10.9 Å². The van der Waals surface area contributed by atoms with E-state index in [-0.39, 0.29) is 18.6 Å². The molecule has 0 aliphatic carbocycles. The Morgan fingerprint density at radius 3 is 2.96 bits per heavy atom. The Balaban J connectivity index is 1.67. The second-order valence-corrected chi connectivity index (χ2v) is 6.71. The van der Waals surface area contributed by atoms with Crippen molar-refractivity contribution in [2.75, 3.05) is 19.5 Å². The zero-order valence-corrected chi connectivity index (χ0v) is 15.6. The number of pyridine rings is 1. The van der Waals surface area contributed by atoms with Gasteiger partial charge in [0.2, 0.25) is 5.91 Å². The van der Waals surface area contributed by atoms with Gasteiger partial charge in [0.25, 0.3) is 0 Å². The first kappa shape index (κ1) is 17.9. The maximum Gasteiger partial charge on any atom is 0.246 e. The average molecular weight is 379 g/mol. The van der Waals surface area contributed by atoms with Crippen molar-refractivity contribution in [2.24, 2.45) is 0 Å². The quantitative estimate of drug-likeness (QED) is 0.468. The maximum atomic E-state index is 11.7. The predicted molar refractivity (Wildman–Crippen MR) is 107 cm³/mol. The van der Waals surface area contributed by atoms with E-state index in [0.717, 1.165) is 33.1 Å². The Morgan fingerprint density at radius 1 is 1.36 bits per heavy atom. The molecule has 1 atom stereocenters. The molecule has 0 saturated carbocycles. The SMILES string of the molecule is COCC(=O)NC(C)Cn1cc2c(N)nc3cc(-c4ccn[nH]4)ccc3c2n1. The van der Waals surface area contributed by atoms with Gasteiger partial charge in [0.1, 0.15) is 17.9 Å². The highest BCUT2D eigenvalue weighted by Gasteiger charge is 2.14. The molecule has 0 spiro atoms. The molecule has 0 bridgehead atoms. The third-order valence-electron chi connectivity index (χ3n) is 4.49. The van der Waals surface area contributed by atoms with E-state index >= 15 is 0 Å². The minimum atomic E-state index is -0.162. The number of ether oxygens (including phenoxy) is 1. The largest absolute Gasteiger partial charge is 0.383 e. The highest BCUT2D eigenvalue weighted by atomic mass is 16.5. The van der Waals surface area contributed by atoms with E-state index in [1.807, 2.05) is 37.4 Å². The molecule has 1 aromatic carbocycles. The Hall–Kier alpha value is -3.46. The molecule has 28 heavy (non-hydrogen) atoms. The number of amides is 1. The van der Waals surface area contributed by atoms with E-state index in [1.165, 1.54) is 7.11 Å². The molecule has 0 aliphatic rings. The number of aromatic amines is 1. The number of hydrogen-bond acceptors (Lipinski definition) is 6. The first-order valence-corrected chi connectivity index (χ1v) is 8.89. The first-order chi connectivity index (χ1) is 13.5. The lowest BCUT2D eigenvalue weighted by Gasteiger charge is -2.13. The lowest BCUT2D eigenvalue weighted by Crippen LogP contribution is -2.37. The molecule has 0 fully saturated rings. The van der Waals surface area contributed by atoms with Gasteiger partial charge in [0.15, 0.2) is 0 Å². The molecule has 3 heterocycles. The Kier molecular flexibility index (Phi) is 4.66. The number of anilines is 1. The van der Waals surface area contributed by atoms with Crippen LogP contribution in [0.15, 0.2) is 36.7 Å². The fraction of sp³-hybridized carbons (Fsp3) is 0.263. The fourth-order valence-corrected chi connectivity index (χ4v) is 3.27. The normalized spacial score (nSPS) is 12.5. The number of benzene rings is 1. The molecule has 9 heteroatoms. The number of nitrogens with zero attached hydrogens (tertiary/aromatic N) is 4. The lowest BCUT2D eigenvalue weighted by molar-refractivity contribution is -0.125. The van der Waals surface area contributed by atoms with Gasteiger partial charge in [-0.1, -0.05) is 6.07 Å². The van der Waals surface area contributed by atoms with Crippen LogP contribution >= 0.6 is 0 Å². The minimum absolute atomic E-state index is 0.0333. The van der Waals surface area contributed by atoms with Crippen LogP contribution in [0.2, 0.25) is 0 Å². The van der Waals surface area contributed by atoms with Crippen LogP contribution in [0.3, 0.4) is 0 Å². The molecular formula is C19H21N7O2. The number of hydrogen-bond donors (Lipinski definition) is 3. The average Bonchev–Trinajstić information content (AvgIpc) is 3.31. The Labute approximate surface area is 160 Å². The molecule has 0 aliphatic heterocycles. The summed E-state index contributed by atoms with van der Waals surface area (Å²) in [5.41, 5.74) is 9.63. The number of nitrogens with one attached hydrogen (secondary N) is 2. The van der Waals surface area contributed by atoms with Gasteiger partial charge in [0.05, 0.1) is 23.1 Å². The zero-order chi connectivity index (χ0) is 19.7. The van der Waals surface area contributed by atoms with Crippen molar-refractivity contribution in [3.05, 3.63) is 36.7 Å². The predicted octanol–water partition coefficient (Wildman–Crippen LogP) is 1.71. The highest BCUT2D eigenvalue weighted by molar-refractivity contribution is 6.08. The Bertz CT molecular complexity index is 1130. The summed E-state index contributed by atoms with van der Waals surface area (Å²) in [6, 6.07) is 7.74. The number of nitrogens with two attached hydrogens (primary N) is 1. The number of fused-ring (bicyclic) bond motifs is 3. The standard InChI is InChI=1S/C19H21N7O2/c1-11(22-17(27)10-28-2)8-26-9-14-18(25-26)13-4-3-12(15-5-6-21-24-15)7-16(13)23-19(14)20/h3-7,9,11H,8,10H2,1-2H3,(H2,20,23)(H,21,24)(H,22,27). The van der Waals surface area contributed by atoms with Gasteiger partial charge < -0.3 is 15.8 Å². The molecule has 4 N–H and O–H groups in total. The molecular weight excluding hydrogens is 358 g/mol. The molecule has 4 rings (SSSR count). The Morgan fingerprint density at radius 2 is 2.21 bits per heavy atom. The second kappa shape index (κ2) is 7.28. The van der Waals surface area contributed by atoms with Gasteiger partial charge in [-0.25, -0.2) is 4.98 Å². The second-order valence-electron chi connectivity index (χ2n) is 6.71. The van der Waals surface area contributed by atoms with Gasteiger partial charge in [-0.05, 0) is 25.1 Å². The molecule has 1 amide bonds. The summed E-state index contributed by atoms with van der Waals surface area (Å²) < 4.78 is 6.62. The van der Waals surface area contributed by atoms with Crippen molar-refractivity contribution in [1.82, 2.24) is 30.3 Å². The smallest absolute Gasteiger partial charge is 0.246 e. The first-order valence-electron chi connectivity index (χ1n) is 8.89. The van der Waals surface area contributed by atoms with Crippen LogP contribution in [-0.2, 0) is 16.1 Å². The molecule has 9 nitrogen and oxygen atoms in total. The number of H-pyrrole nitrogens is 1. The monoisotopic (exact) mass is 379 g/mol. The van der Waals surface area contributed by atoms with Crippen molar-refractivity contribution in [3.8, 4) is 11.3 Å². The molecule has 0 radical (unpaired) electrons. The van der Waals surface area contributed by atoms with Crippen LogP contribution in [0.25, 0.3) is 33.1 Å². The van der Waals surface area contributed by atoms with Crippen molar-refractivity contribution < 1.29 is 9.53 Å². The van der Waals surface area contributed by atoms with E-state index in [4.69, 9.17) is 10.5 Å². The third kappa shape index (κ3) is 3.39. The maximum absolute atomic E-state index is 11.7. The van der Waals surface area contributed by atoms with Crippen LogP contribution in [0.4, 0.5) is 5.82 Å². The van der Waals surface area contributed by atoms with Crippen molar-refractivity contribution in [2.45, 2.75) is 19.5 Å². The topological polar surface area (TPSA) is 124 Å². The van der Waals surface area contributed by atoms with Gasteiger partial charge in [0, 0.05) is 36.5 Å². The van der Waals surface area contributed by atoms with Crippen LogP contribution < -0.4 is 11.1 Å². The van der Waals surface area contributed by atoms with E-state index in [9.17, 15) is 4.79 Å². The molecule has 4 aromatic rings. The van der Waals surface area contributed by atoms with Gasteiger partial charge in [-0.15, -0.1) is 0 Å². The van der Waals surface area contributed by atoms with Gasteiger partial charge >= 0.3 is 0 Å². The van der Waals surface area contributed by atoms with Gasteiger partial charge in [-0.2, -0.15) is 10.2 Å². The molecule has 0 saturated heterocycles. The van der Waals surface area contributed by atoms with Crippen molar-refractivity contribution >= 4 is 33.5 Å². The number of carbonyl (C=O) groups is 1. The molecule has 1 unspecified atom stereocenters. The number of methoxy groups -OCH3 is 1. The summed E-state index contributed by atoms with van der Waals surface area (Å²) in [5.74, 6) is 0.260. The molecule has 144 valence electrons. The van der Waals surface area contributed by atoms with Gasteiger partial charge in [-0.3, -0.25) is 14.6 Å². The summed E-state index contributed by atoms with van der Waals surface area (Å²) in [7, 11) is 1.49. The number of aromatic nitrogens is 5. The summed E-state index contributed by atoms with van der Waals surface area (Å²) in [5, 5.41) is 16.2. The third-order valence-corrected chi connectivity index (χ3v) is 4.49. The van der Waals surface area contributed by atoms with E-state index < -0.39 is 0 Å². The number of carbonyl (C=O) groups excluding carboxylic acids is 1. The summed E-state index contributed by atoms with van der Waals surface area (Å²) in [6.07, 6.45) is 3.57. The van der Waals surface area contributed by atoms with Crippen LogP contribution in [0.1, 0.15) is 6.92 Å². The minimum Gasteiger partial charge on any atom is -0.383 e. The van der Waals surface area contributed by atoms with Crippen LogP contribution in [0.5, 0.6) is 0 Å². The zero-order valence-electron chi connectivity index (χ0n) is 15.6. The fourth-order valence-electron chi connectivity index (χ4n) is 3.27. The highest BCUT2D eigenvalue weighted by Crippen LogP contribution is 2.29. The van der Waals surface area contributed by atoms with E-state index in [0.29, 0.717) is 12.4 Å². The number of nitrogen functional groups attached to an aromatic ring is 1. The lowest BCUT2D eigenvalue weighted by atomic mass is 10.1. The summed E-state index contributed by atoms with van der Waals surface area (Å²) in [4.78, 5) is 16.2. The summed E-state index contributed by atoms with van der Waals surface area (Å²) >= 11 is 0. The number of rotatable bonds is 6. The van der Waals surface area contributed by atoms with Crippen molar-refractivity contribution in [3.63, 3.8) is 0 Å².